The SMILES string of the molecule is Cc1cc(C(=O)Nc2ccc3c(c2)N(S(N)(=O)=O)CC3)c(C)o1. The fourth-order valence-corrected chi connectivity index (χ4v) is 3.54. The predicted octanol–water partition coefficient (Wildman–Crippen LogP) is 1.71. The van der Waals surface area contributed by atoms with Crippen molar-refractivity contribution in [3.8, 4) is 0 Å². The summed E-state index contributed by atoms with van der Waals surface area (Å²) in [5, 5.41) is 7.97. The molecular formula is C15H17N3O4S. The molecule has 0 fully saturated rings. The third-order valence-corrected chi connectivity index (χ3v) is 4.78. The molecule has 2 heterocycles. The van der Waals surface area contributed by atoms with Crippen molar-refractivity contribution in [1.29, 1.82) is 0 Å². The van der Waals surface area contributed by atoms with Crippen molar-refractivity contribution in [2.24, 2.45) is 5.14 Å². The molecule has 0 saturated carbocycles. The Kier molecular flexibility index (Phi) is 3.65. The summed E-state index contributed by atoms with van der Waals surface area (Å²) >= 11 is 0. The van der Waals surface area contributed by atoms with Crippen molar-refractivity contribution in [3.63, 3.8) is 0 Å². The van der Waals surface area contributed by atoms with E-state index in [-0.39, 0.29) is 5.91 Å². The molecule has 0 spiro atoms. The number of furan rings is 1. The topological polar surface area (TPSA) is 106 Å². The third kappa shape index (κ3) is 2.95. The van der Waals surface area contributed by atoms with Crippen molar-refractivity contribution in [2.75, 3.05) is 16.2 Å². The number of anilines is 2. The van der Waals surface area contributed by atoms with Crippen LogP contribution in [0.4, 0.5) is 11.4 Å². The molecule has 122 valence electrons. The van der Waals surface area contributed by atoms with E-state index in [9.17, 15) is 13.2 Å². The minimum atomic E-state index is -3.81. The minimum Gasteiger partial charge on any atom is -0.466 e. The largest absolute Gasteiger partial charge is 0.466 e. The molecule has 3 rings (SSSR count). The summed E-state index contributed by atoms with van der Waals surface area (Å²) in [5.74, 6) is 0.883. The molecule has 0 bridgehead atoms. The van der Waals surface area contributed by atoms with Gasteiger partial charge in [-0.2, -0.15) is 8.42 Å². The van der Waals surface area contributed by atoms with Crippen LogP contribution in [0.3, 0.4) is 0 Å². The molecule has 7 nitrogen and oxygen atoms in total. The van der Waals surface area contributed by atoms with Gasteiger partial charge in [0.25, 0.3) is 16.1 Å². The average molecular weight is 335 g/mol. The van der Waals surface area contributed by atoms with E-state index in [0.29, 0.717) is 41.4 Å². The number of nitrogens with zero attached hydrogens (tertiary/aromatic N) is 1. The van der Waals surface area contributed by atoms with Gasteiger partial charge in [0.15, 0.2) is 0 Å². The fraction of sp³-hybridized carbons (Fsp3) is 0.267. The van der Waals surface area contributed by atoms with Crippen LogP contribution in [0.2, 0.25) is 0 Å². The number of carbonyl (C=O) groups is 1. The first-order chi connectivity index (χ1) is 10.8. The highest BCUT2D eigenvalue weighted by molar-refractivity contribution is 7.90. The zero-order valence-electron chi connectivity index (χ0n) is 12.8. The lowest BCUT2D eigenvalue weighted by atomic mass is 10.1. The van der Waals surface area contributed by atoms with Crippen LogP contribution in [0.1, 0.15) is 27.4 Å². The fourth-order valence-electron chi connectivity index (χ4n) is 2.75. The van der Waals surface area contributed by atoms with Crippen LogP contribution in [0.5, 0.6) is 0 Å². The molecule has 1 aromatic heterocycles. The van der Waals surface area contributed by atoms with Crippen molar-refractivity contribution in [1.82, 2.24) is 0 Å². The van der Waals surface area contributed by atoms with Gasteiger partial charge in [-0.05, 0) is 44.0 Å². The summed E-state index contributed by atoms with van der Waals surface area (Å²) in [7, 11) is -3.81. The lowest BCUT2D eigenvalue weighted by Gasteiger charge is -2.16. The summed E-state index contributed by atoms with van der Waals surface area (Å²) in [6.07, 6.45) is 0.597. The number of hydrogen-bond acceptors (Lipinski definition) is 4. The summed E-state index contributed by atoms with van der Waals surface area (Å²) in [4.78, 5) is 12.3. The predicted molar refractivity (Wildman–Crippen MR) is 86.7 cm³/mol. The second-order valence-electron chi connectivity index (χ2n) is 5.49. The number of fused-ring (bicyclic) bond motifs is 1. The van der Waals surface area contributed by atoms with Crippen LogP contribution in [-0.4, -0.2) is 20.9 Å². The lowest BCUT2D eigenvalue weighted by Crippen LogP contribution is -2.35. The highest BCUT2D eigenvalue weighted by Crippen LogP contribution is 2.32. The Bertz CT molecular complexity index is 886. The molecule has 3 N–H and O–H groups in total. The molecule has 8 heteroatoms. The molecule has 2 aromatic rings. The van der Waals surface area contributed by atoms with Gasteiger partial charge in [0.2, 0.25) is 0 Å². The van der Waals surface area contributed by atoms with E-state index in [0.717, 1.165) is 9.87 Å². The Labute approximate surface area is 134 Å². The Balaban J connectivity index is 1.88. The number of benzene rings is 1. The van der Waals surface area contributed by atoms with E-state index < -0.39 is 10.2 Å². The molecular weight excluding hydrogens is 318 g/mol. The lowest BCUT2D eigenvalue weighted by molar-refractivity contribution is 0.102. The maximum absolute atomic E-state index is 12.3. The van der Waals surface area contributed by atoms with E-state index in [1.807, 2.05) is 0 Å². The van der Waals surface area contributed by atoms with Gasteiger partial charge >= 0.3 is 0 Å². The molecule has 0 aliphatic carbocycles. The highest BCUT2D eigenvalue weighted by atomic mass is 32.2. The van der Waals surface area contributed by atoms with Crippen LogP contribution >= 0.6 is 0 Å². The van der Waals surface area contributed by atoms with Gasteiger partial charge in [-0.25, -0.2) is 5.14 Å². The first kappa shape index (κ1) is 15.6. The molecule has 1 amide bonds. The molecule has 1 aliphatic heterocycles. The summed E-state index contributed by atoms with van der Waals surface area (Å²) < 4.78 is 29.7. The van der Waals surface area contributed by atoms with Crippen molar-refractivity contribution in [3.05, 3.63) is 46.9 Å². The van der Waals surface area contributed by atoms with Gasteiger partial charge in [-0.15, -0.1) is 0 Å². The number of hydrogen-bond donors (Lipinski definition) is 2. The Morgan fingerprint density at radius 1 is 1.30 bits per heavy atom. The average Bonchev–Trinajstić information content (AvgIpc) is 3.00. The molecule has 1 aromatic carbocycles. The zero-order chi connectivity index (χ0) is 16.8. The van der Waals surface area contributed by atoms with Gasteiger partial charge in [-0.1, -0.05) is 6.07 Å². The van der Waals surface area contributed by atoms with Crippen molar-refractivity contribution in [2.45, 2.75) is 20.3 Å². The van der Waals surface area contributed by atoms with E-state index in [1.54, 1.807) is 38.1 Å². The zero-order valence-corrected chi connectivity index (χ0v) is 13.6. The standard InChI is InChI=1S/C15H17N3O4S/c1-9-7-13(10(2)22-9)15(19)17-12-4-3-11-5-6-18(14(11)8-12)23(16,20)21/h3-4,7-8H,5-6H2,1-2H3,(H,17,19)(H2,16,20,21). The summed E-state index contributed by atoms with van der Waals surface area (Å²) in [5.41, 5.74) is 2.34. The van der Waals surface area contributed by atoms with Crippen molar-refractivity contribution >= 4 is 27.5 Å². The maximum Gasteiger partial charge on any atom is 0.299 e. The first-order valence-corrected chi connectivity index (χ1v) is 8.58. The second-order valence-corrected chi connectivity index (χ2v) is 6.96. The summed E-state index contributed by atoms with van der Waals surface area (Å²) in [6.45, 7) is 3.79. The smallest absolute Gasteiger partial charge is 0.299 e. The number of amides is 1. The number of rotatable bonds is 3. The van der Waals surface area contributed by atoms with Crippen LogP contribution in [0.25, 0.3) is 0 Å². The number of aryl methyl sites for hydroxylation is 2. The van der Waals surface area contributed by atoms with Gasteiger partial charge in [0.1, 0.15) is 11.5 Å². The van der Waals surface area contributed by atoms with Crippen molar-refractivity contribution < 1.29 is 17.6 Å². The van der Waals surface area contributed by atoms with Gasteiger partial charge < -0.3 is 9.73 Å². The van der Waals surface area contributed by atoms with E-state index in [1.165, 1.54) is 0 Å². The van der Waals surface area contributed by atoms with E-state index >= 15 is 0 Å². The quantitative estimate of drug-likeness (QED) is 0.890. The number of carbonyl (C=O) groups excluding carboxylic acids is 1. The molecule has 0 radical (unpaired) electrons. The Morgan fingerprint density at radius 2 is 2.04 bits per heavy atom. The molecule has 0 atom stereocenters. The first-order valence-electron chi connectivity index (χ1n) is 7.07. The van der Waals surface area contributed by atoms with Crippen LogP contribution in [0, 0.1) is 13.8 Å². The van der Waals surface area contributed by atoms with Crippen LogP contribution in [0.15, 0.2) is 28.7 Å². The second kappa shape index (κ2) is 5.39. The van der Waals surface area contributed by atoms with Gasteiger partial charge in [0.05, 0.1) is 11.3 Å². The maximum atomic E-state index is 12.3. The minimum absolute atomic E-state index is 0.306. The van der Waals surface area contributed by atoms with Crippen LogP contribution in [-0.2, 0) is 16.6 Å². The molecule has 23 heavy (non-hydrogen) atoms. The van der Waals surface area contributed by atoms with Gasteiger partial charge in [0, 0.05) is 12.2 Å². The molecule has 1 aliphatic rings. The normalized spacial score (nSPS) is 14.0. The number of nitrogens with two attached hydrogens (primary N) is 1. The van der Waals surface area contributed by atoms with Crippen LogP contribution < -0.4 is 14.8 Å². The van der Waals surface area contributed by atoms with E-state index in [2.05, 4.69) is 5.32 Å². The molecule has 0 unspecified atom stereocenters. The third-order valence-electron chi connectivity index (χ3n) is 3.79. The Morgan fingerprint density at radius 3 is 2.65 bits per heavy atom. The molecule has 0 saturated heterocycles. The highest BCUT2D eigenvalue weighted by Gasteiger charge is 2.27. The number of nitrogens with one attached hydrogen (secondary N) is 1. The Hall–Kier alpha value is -2.32. The van der Waals surface area contributed by atoms with E-state index in [4.69, 9.17) is 9.56 Å². The van der Waals surface area contributed by atoms with Gasteiger partial charge in [-0.3, -0.25) is 9.10 Å². The monoisotopic (exact) mass is 335 g/mol. The summed E-state index contributed by atoms with van der Waals surface area (Å²) in [6, 6.07) is 6.82.